The van der Waals surface area contributed by atoms with Crippen LogP contribution in [0, 0.1) is 20.2 Å². The number of nitrogens with zero attached hydrogens (tertiary/aromatic N) is 3. The van der Waals surface area contributed by atoms with Crippen molar-refractivity contribution in [2.24, 2.45) is 5.10 Å². The van der Waals surface area contributed by atoms with Crippen molar-refractivity contribution in [3.05, 3.63) is 120 Å². The predicted octanol–water partition coefficient (Wildman–Crippen LogP) is 12.3. The fraction of sp³-hybridized carbons (Fsp3) is 0.500. The van der Waals surface area contributed by atoms with Crippen molar-refractivity contribution in [1.82, 2.24) is 5.43 Å². The summed E-state index contributed by atoms with van der Waals surface area (Å²) in [6.07, 6.45) is 26.5. The summed E-state index contributed by atoms with van der Waals surface area (Å²) in [4.78, 5) is 55.2. The fourth-order valence-corrected chi connectivity index (χ4v) is 7.80. The molecule has 0 aliphatic rings. The standard InChI is InChI=1S/C48H69N5O9S2/c1-34(2)21-24-41(26-28-64-33-46(48(57)58)51-50-40(8)54)20-12-19-36(4)14-10-17-38(6)23-22-37(5)16-9-13-35(3)15-11-18-39(7)25-27-63-32-45(47(55)56)49-42-29-43(52(59)60)31-44(30-42)53(61)62/h15-17,19,21,25-26,29-31,45,49H,9-14,18,20,22-24,27-28,32-33H2,1-8H3,(H,50,54)(H,55,56)(H,57,58)/b35-15+,36-19+,37-16+,38-17-,39-25+,41-26-,51-46-/t45-/m0/s1. The molecular weight excluding hydrogens is 855 g/mol. The third kappa shape index (κ3) is 27.8. The van der Waals surface area contributed by atoms with Gasteiger partial charge in [-0.1, -0.05) is 81.5 Å². The van der Waals surface area contributed by atoms with Crippen molar-refractivity contribution in [3.8, 4) is 0 Å². The Balaban J connectivity index is 2.46. The lowest BCUT2D eigenvalue weighted by molar-refractivity contribution is -0.394. The number of rotatable bonds is 32. The second kappa shape index (κ2) is 32.4. The minimum absolute atomic E-state index is 0.00557. The highest BCUT2D eigenvalue weighted by atomic mass is 32.2. The number of hydrogen-bond donors (Lipinski definition) is 4. The smallest absolute Gasteiger partial charge is 0.352 e. The normalized spacial score (nSPS) is 13.7. The number of carboxylic acids is 2. The van der Waals surface area contributed by atoms with Crippen LogP contribution in [0.25, 0.3) is 0 Å². The fourth-order valence-electron chi connectivity index (χ4n) is 5.94. The molecule has 0 heterocycles. The number of benzene rings is 1. The van der Waals surface area contributed by atoms with Crippen molar-refractivity contribution in [2.75, 3.05) is 28.3 Å². The van der Waals surface area contributed by atoms with Crippen LogP contribution >= 0.6 is 23.5 Å². The molecule has 0 spiro atoms. The van der Waals surface area contributed by atoms with E-state index < -0.39 is 45.1 Å². The van der Waals surface area contributed by atoms with Crippen molar-refractivity contribution in [1.29, 1.82) is 0 Å². The van der Waals surface area contributed by atoms with E-state index in [2.05, 4.69) is 99.9 Å². The molecule has 0 aliphatic heterocycles. The topological polar surface area (TPSA) is 214 Å². The predicted molar refractivity (Wildman–Crippen MR) is 265 cm³/mol. The molecule has 14 nitrogen and oxygen atoms in total. The first kappa shape index (κ1) is 56.8. The van der Waals surface area contributed by atoms with Gasteiger partial charge in [0.15, 0.2) is 5.71 Å². The Bertz CT molecular complexity index is 1960. The van der Waals surface area contributed by atoms with Crippen molar-refractivity contribution in [3.63, 3.8) is 0 Å². The van der Waals surface area contributed by atoms with Gasteiger partial charge in [-0.3, -0.25) is 25.0 Å². The molecule has 16 heteroatoms. The third-order valence-corrected chi connectivity index (χ3v) is 11.7. The minimum atomic E-state index is -1.16. The first-order valence-corrected chi connectivity index (χ1v) is 23.8. The van der Waals surface area contributed by atoms with Gasteiger partial charge in [-0.05, 0) is 119 Å². The van der Waals surface area contributed by atoms with Gasteiger partial charge in [0.25, 0.3) is 11.4 Å². The minimum Gasteiger partial charge on any atom is -0.480 e. The van der Waals surface area contributed by atoms with Crippen LogP contribution in [0.5, 0.6) is 0 Å². The van der Waals surface area contributed by atoms with Gasteiger partial charge in [-0.2, -0.15) is 28.6 Å². The zero-order valence-corrected chi connectivity index (χ0v) is 40.5. The Morgan fingerprint density at radius 3 is 1.58 bits per heavy atom. The van der Waals surface area contributed by atoms with Crippen LogP contribution in [0.2, 0.25) is 0 Å². The number of nitro benzene ring substituents is 2. The molecule has 0 aliphatic carbocycles. The van der Waals surface area contributed by atoms with Crippen LogP contribution in [0.15, 0.2) is 105 Å². The lowest BCUT2D eigenvalue weighted by Gasteiger charge is -2.15. The third-order valence-electron chi connectivity index (χ3n) is 9.86. The van der Waals surface area contributed by atoms with E-state index in [0.717, 1.165) is 88.8 Å². The molecule has 1 amide bonds. The summed E-state index contributed by atoms with van der Waals surface area (Å²) >= 11 is 2.85. The number of amides is 1. The highest BCUT2D eigenvalue weighted by Gasteiger charge is 2.22. The van der Waals surface area contributed by atoms with E-state index in [1.165, 1.54) is 69.5 Å². The summed E-state index contributed by atoms with van der Waals surface area (Å²) < 4.78 is 0. The zero-order chi connectivity index (χ0) is 48.0. The molecule has 1 rings (SSSR count). The van der Waals surface area contributed by atoms with Gasteiger partial charge < -0.3 is 15.5 Å². The van der Waals surface area contributed by atoms with E-state index in [1.54, 1.807) is 0 Å². The van der Waals surface area contributed by atoms with Crippen LogP contribution in [-0.4, -0.2) is 72.7 Å². The van der Waals surface area contributed by atoms with E-state index in [1.807, 2.05) is 6.92 Å². The molecule has 0 saturated carbocycles. The van der Waals surface area contributed by atoms with E-state index in [4.69, 9.17) is 0 Å². The van der Waals surface area contributed by atoms with E-state index in [9.17, 15) is 44.8 Å². The number of hydrogen-bond acceptors (Lipinski definition) is 11. The molecule has 0 radical (unpaired) electrons. The Kier molecular flexibility index (Phi) is 28.8. The number of allylic oxidation sites excluding steroid dienone is 12. The highest BCUT2D eigenvalue weighted by Crippen LogP contribution is 2.27. The van der Waals surface area contributed by atoms with Crippen LogP contribution in [0.3, 0.4) is 0 Å². The molecule has 0 aromatic heterocycles. The number of carboxylic acid groups (broad SMARTS) is 2. The number of carbonyl (C=O) groups excluding carboxylic acids is 1. The second-order valence-corrected chi connectivity index (χ2v) is 18.2. The lowest BCUT2D eigenvalue weighted by atomic mass is 10.0. The Morgan fingerprint density at radius 2 is 1.12 bits per heavy atom. The summed E-state index contributed by atoms with van der Waals surface area (Å²) in [5, 5.41) is 47.8. The molecule has 64 heavy (non-hydrogen) atoms. The Hall–Kier alpha value is -5.22. The maximum atomic E-state index is 11.8. The number of hydrazone groups is 1. The number of non-ortho nitro benzene ring substituents is 2. The quantitative estimate of drug-likeness (QED) is 0.0175. The largest absolute Gasteiger partial charge is 0.480 e. The molecule has 4 N–H and O–H groups in total. The van der Waals surface area contributed by atoms with Crippen molar-refractivity contribution >= 4 is 64.1 Å². The van der Waals surface area contributed by atoms with Gasteiger partial charge in [0, 0.05) is 47.8 Å². The second-order valence-electron chi connectivity index (χ2n) is 16.1. The highest BCUT2D eigenvalue weighted by molar-refractivity contribution is 8.00. The Morgan fingerprint density at radius 1 is 0.656 bits per heavy atom. The molecule has 0 bridgehead atoms. The number of thioether (sulfide) groups is 2. The molecule has 0 fully saturated rings. The van der Waals surface area contributed by atoms with Crippen molar-refractivity contribution < 1.29 is 34.4 Å². The first-order chi connectivity index (χ1) is 30.3. The number of nitrogens with one attached hydrogen (secondary N) is 2. The number of aliphatic carboxylic acids is 2. The first-order valence-electron chi connectivity index (χ1n) is 21.5. The SMILES string of the molecule is CC(=O)N/N=C(/CSC/C=C(\CC=C(C)C)CC/C=C(\C)CC/C=C(/C)CC/C(C)=C/CC/C(C)=C/CC/C(C)=C/CSC[C@H](Nc1cc([N+](=O)[O-])cc([N+](=O)[O-])c1)C(=O)O)C(=O)O. The molecular formula is C48H69N5O9S2. The van der Waals surface area contributed by atoms with Crippen LogP contribution in [0.1, 0.15) is 126 Å². The van der Waals surface area contributed by atoms with Crippen LogP contribution in [-0.2, 0) is 14.4 Å². The van der Waals surface area contributed by atoms with Gasteiger partial charge in [0.05, 0.1) is 15.9 Å². The number of nitro groups is 2. The van der Waals surface area contributed by atoms with Gasteiger partial charge in [0.1, 0.15) is 6.04 Å². The molecule has 1 aromatic carbocycles. The van der Waals surface area contributed by atoms with E-state index in [-0.39, 0.29) is 22.9 Å². The zero-order valence-electron chi connectivity index (χ0n) is 38.9. The maximum Gasteiger partial charge on any atom is 0.352 e. The van der Waals surface area contributed by atoms with E-state index >= 15 is 0 Å². The lowest BCUT2D eigenvalue weighted by Crippen LogP contribution is -2.31. The van der Waals surface area contributed by atoms with E-state index in [0.29, 0.717) is 11.5 Å². The van der Waals surface area contributed by atoms with Gasteiger partial charge >= 0.3 is 11.9 Å². The van der Waals surface area contributed by atoms with Gasteiger partial charge in [0.2, 0.25) is 5.91 Å². The van der Waals surface area contributed by atoms with Gasteiger partial charge in [-0.25, -0.2) is 15.0 Å². The molecule has 352 valence electrons. The molecule has 1 atom stereocenters. The van der Waals surface area contributed by atoms with Gasteiger partial charge in [-0.15, -0.1) is 0 Å². The summed E-state index contributed by atoms with van der Waals surface area (Å²) in [7, 11) is 0. The number of anilines is 1. The van der Waals surface area contributed by atoms with Crippen LogP contribution in [0.4, 0.5) is 17.1 Å². The monoisotopic (exact) mass is 923 g/mol. The molecule has 1 aromatic rings. The number of carbonyl (C=O) groups is 3. The molecule has 0 saturated heterocycles. The summed E-state index contributed by atoms with van der Waals surface area (Å²) in [5.41, 5.74) is 10.4. The molecule has 0 unspecified atom stereocenters. The van der Waals surface area contributed by atoms with Crippen molar-refractivity contribution in [2.45, 2.75) is 132 Å². The average Bonchev–Trinajstić information content (AvgIpc) is 3.21. The Labute approximate surface area is 388 Å². The summed E-state index contributed by atoms with van der Waals surface area (Å²) in [6.45, 7) is 16.3. The average molecular weight is 924 g/mol. The van der Waals surface area contributed by atoms with Crippen LogP contribution < -0.4 is 10.7 Å². The maximum absolute atomic E-state index is 11.8. The summed E-state index contributed by atoms with van der Waals surface area (Å²) in [5.74, 6) is -1.08. The summed E-state index contributed by atoms with van der Waals surface area (Å²) in [6, 6.07) is 1.93.